The number of hydrogen-bond donors (Lipinski definition) is 2. The molecule has 0 saturated carbocycles. The van der Waals surface area contributed by atoms with Crippen molar-refractivity contribution in [3.05, 3.63) is 12.2 Å². The number of carboxylic acid groups (broad SMARTS) is 1. The van der Waals surface area contributed by atoms with Crippen LogP contribution in [0.2, 0.25) is 0 Å². The van der Waals surface area contributed by atoms with E-state index >= 15 is 0 Å². The van der Waals surface area contributed by atoms with Crippen LogP contribution in [0, 0.1) is 0 Å². The molecule has 2 N–H and O–H groups in total. The normalized spacial score (nSPS) is 14.3. The van der Waals surface area contributed by atoms with E-state index in [1.807, 2.05) is 21.1 Å². The average Bonchev–Trinajstić information content (AvgIpc) is 2.63. The Morgan fingerprint density at radius 3 is 2.03 bits per heavy atom. The topological polar surface area (TPSA) is 66.8 Å². The van der Waals surface area contributed by atoms with E-state index in [0.717, 1.165) is 25.7 Å². The van der Waals surface area contributed by atoms with Gasteiger partial charge in [0.25, 0.3) is 0 Å². The van der Waals surface area contributed by atoms with Gasteiger partial charge in [0.15, 0.2) is 0 Å². The van der Waals surface area contributed by atoms with E-state index in [4.69, 9.17) is 9.84 Å². The predicted molar refractivity (Wildman–Crippen MR) is 126 cm³/mol. The van der Waals surface area contributed by atoms with Crippen molar-refractivity contribution in [2.75, 3.05) is 34.3 Å². The van der Waals surface area contributed by atoms with Gasteiger partial charge in [0.2, 0.25) is 0 Å². The van der Waals surface area contributed by atoms with Crippen molar-refractivity contribution in [3.8, 4) is 0 Å². The summed E-state index contributed by atoms with van der Waals surface area (Å²) in [4.78, 5) is 11.0. The number of carbonyl (C=O) groups is 1. The molecular weight excluding hydrogens is 378 g/mol. The van der Waals surface area contributed by atoms with Gasteiger partial charge in [-0.2, -0.15) is 0 Å². The second kappa shape index (κ2) is 18.8. The average molecular weight is 429 g/mol. The molecule has 0 aromatic rings. The summed E-state index contributed by atoms with van der Waals surface area (Å²) in [5.41, 5.74) is 0. The molecule has 0 saturated heterocycles. The van der Waals surface area contributed by atoms with Crippen LogP contribution in [0.15, 0.2) is 12.2 Å². The van der Waals surface area contributed by atoms with Gasteiger partial charge in [-0.1, -0.05) is 64.0 Å². The largest absolute Gasteiger partial charge is 0.481 e. The number of nitrogens with zero attached hydrogens (tertiary/aromatic N) is 1. The fourth-order valence-corrected chi connectivity index (χ4v) is 3.59. The number of aliphatic hydroxyl groups excluding tert-OH is 1. The third-order valence-electron chi connectivity index (χ3n) is 5.26. The van der Waals surface area contributed by atoms with Crippen molar-refractivity contribution >= 4 is 5.97 Å². The van der Waals surface area contributed by atoms with Crippen molar-refractivity contribution in [1.29, 1.82) is 0 Å². The first-order valence-corrected chi connectivity index (χ1v) is 12.2. The van der Waals surface area contributed by atoms with Crippen LogP contribution >= 0.6 is 0 Å². The Hall–Kier alpha value is -0.910. The molecule has 0 aromatic carbocycles. The minimum Gasteiger partial charge on any atom is -0.481 e. The number of ether oxygens (including phenoxy) is 1. The summed E-state index contributed by atoms with van der Waals surface area (Å²) in [6, 6.07) is 0. The van der Waals surface area contributed by atoms with Crippen molar-refractivity contribution in [3.63, 3.8) is 0 Å². The molecule has 0 heterocycles. The maximum Gasteiger partial charge on any atom is 0.306 e. The van der Waals surface area contributed by atoms with Crippen LogP contribution in [0.5, 0.6) is 0 Å². The van der Waals surface area contributed by atoms with Crippen LogP contribution in [-0.4, -0.2) is 67.2 Å². The van der Waals surface area contributed by atoms with Gasteiger partial charge in [-0.3, -0.25) is 4.79 Å². The summed E-state index contributed by atoms with van der Waals surface area (Å²) in [5, 5.41) is 19.2. The maximum absolute atomic E-state index is 11.0. The van der Waals surface area contributed by atoms with Gasteiger partial charge >= 0.3 is 5.97 Å². The first-order valence-electron chi connectivity index (χ1n) is 12.2. The van der Waals surface area contributed by atoms with E-state index in [0.29, 0.717) is 24.1 Å². The van der Waals surface area contributed by atoms with Crippen molar-refractivity contribution in [2.45, 2.75) is 109 Å². The number of aliphatic hydroxyl groups is 1. The molecule has 0 bridgehead atoms. The van der Waals surface area contributed by atoms with Crippen molar-refractivity contribution < 1.29 is 24.2 Å². The Labute approximate surface area is 186 Å². The highest BCUT2D eigenvalue weighted by molar-refractivity contribution is 5.67. The molecule has 30 heavy (non-hydrogen) atoms. The molecule has 0 fully saturated rings. The summed E-state index contributed by atoms with van der Waals surface area (Å²) < 4.78 is 6.41. The lowest BCUT2D eigenvalue weighted by Crippen LogP contribution is -2.43. The second-order valence-corrected chi connectivity index (χ2v) is 9.67. The first-order chi connectivity index (χ1) is 14.2. The number of aliphatic carboxylic acids is 1. The minimum atomic E-state index is -0.838. The monoisotopic (exact) mass is 428 g/mol. The number of likely N-dealkylation sites (N-methyl/N-ethyl adjacent to an activating group) is 1. The summed E-state index contributed by atoms with van der Waals surface area (Å²) in [6.45, 7) is 3.32. The highest BCUT2D eigenvalue weighted by Gasteiger charge is 2.21. The number of quaternary nitrogens is 1. The molecule has 0 rings (SSSR count). The lowest BCUT2D eigenvalue weighted by Gasteiger charge is -2.28. The fourth-order valence-electron chi connectivity index (χ4n) is 3.59. The zero-order chi connectivity index (χ0) is 22.7. The fraction of sp³-hybridized carbons (Fsp3) is 0.880. The van der Waals surface area contributed by atoms with Gasteiger partial charge in [0.1, 0.15) is 12.6 Å². The van der Waals surface area contributed by atoms with E-state index in [1.54, 1.807) is 0 Å². The SMILES string of the molecule is CCCCCCCCC=CCCCCCC(O)CCOC(CC(=O)O)C[N+](C)(C)C. The number of rotatable bonds is 21. The smallest absolute Gasteiger partial charge is 0.306 e. The van der Waals surface area contributed by atoms with E-state index in [9.17, 15) is 9.90 Å². The summed E-state index contributed by atoms with van der Waals surface area (Å²) in [7, 11) is 6.07. The summed E-state index contributed by atoms with van der Waals surface area (Å²) in [6.07, 6.45) is 19.2. The van der Waals surface area contributed by atoms with Gasteiger partial charge in [-0.05, 0) is 38.5 Å². The van der Waals surface area contributed by atoms with E-state index in [1.165, 1.54) is 51.4 Å². The Morgan fingerprint density at radius 1 is 0.900 bits per heavy atom. The molecule has 2 unspecified atom stereocenters. The van der Waals surface area contributed by atoms with Gasteiger partial charge in [-0.15, -0.1) is 0 Å². The highest BCUT2D eigenvalue weighted by atomic mass is 16.5. The van der Waals surface area contributed by atoms with Gasteiger partial charge in [0.05, 0.1) is 33.7 Å². The summed E-state index contributed by atoms with van der Waals surface area (Å²) >= 11 is 0. The molecule has 0 aliphatic rings. The van der Waals surface area contributed by atoms with E-state index in [2.05, 4.69) is 19.1 Å². The zero-order valence-electron chi connectivity index (χ0n) is 20.3. The quantitative estimate of drug-likeness (QED) is 0.143. The molecule has 178 valence electrons. The first kappa shape index (κ1) is 29.1. The molecule has 0 amide bonds. The number of allylic oxidation sites excluding steroid dienone is 2. The molecular formula is C25H50NO4+. The lowest BCUT2D eigenvalue weighted by atomic mass is 10.1. The molecule has 0 spiro atoms. The van der Waals surface area contributed by atoms with Crippen molar-refractivity contribution in [1.82, 2.24) is 0 Å². The third kappa shape index (κ3) is 21.8. The predicted octanol–water partition coefficient (Wildman–Crippen LogP) is 5.56. The van der Waals surface area contributed by atoms with Gasteiger partial charge in [0, 0.05) is 6.61 Å². The van der Waals surface area contributed by atoms with Crippen molar-refractivity contribution in [2.24, 2.45) is 0 Å². The van der Waals surface area contributed by atoms with Crippen LogP contribution in [-0.2, 0) is 9.53 Å². The highest BCUT2D eigenvalue weighted by Crippen LogP contribution is 2.12. The molecule has 0 aliphatic heterocycles. The Kier molecular flexibility index (Phi) is 18.3. The maximum atomic E-state index is 11.0. The second-order valence-electron chi connectivity index (χ2n) is 9.67. The van der Waals surface area contributed by atoms with E-state index in [-0.39, 0.29) is 18.6 Å². The van der Waals surface area contributed by atoms with Crippen LogP contribution in [0.4, 0.5) is 0 Å². The number of carboxylic acids is 1. The lowest BCUT2D eigenvalue weighted by molar-refractivity contribution is -0.873. The standard InChI is InChI=1S/C25H49NO4/c1-5-6-7-8-9-10-11-12-13-14-15-16-17-18-23(27)19-20-30-24(21-25(28)29)22-26(2,3)4/h12-13,23-24,27H,5-11,14-22H2,1-4H3/p+1. The summed E-state index contributed by atoms with van der Waals surface area (Å²) in [5.74, 6) is -0.838. The molecule has 0 aliphatic carbocycles. The number of unbranched alkanes of at least 4 members (excludes halogenated alkanes) is 9. The van der Waals surface area contributed by atoms with Crippen LogP contribution in [0.25, 0.3) is 0 Å². The third-order valence-corrected chi connectivity index (χ3v) is 5.26. The zero-order valence-corrected chi connectivity index (χ0v) is 20.3. The Balaban J connectivity index is 3.65. The molecule has 5 nitrogen and oxygen atoms in total. The van der Waals surface area contributed by atoms with Crippen LogP contribution in [0.1, 0.15) is 96.8 Å². The van der Waals surface area contributed by atoms with E-state index < -0.39 is 5.97 Å². The van der Waals surface area contributed by atoms with Crippen LogP contribution < -0.4 is 0 Å². The molecule has 2 atom stereocenters. The minimum absolute atomic E-state index is 0.0119. The van der Waals surface area contributed by atoms with Gasteiger partial charge < -0.3 is 19.4 Å². The molecule has 0 radical (unpaired) electrons. The number of hydrogen-bond acceptors (Lipinski definition) is 3. The van der Waals surface area contributed by atoms with Gasteiger partial charge in [-0.25, -0.2) is 0 Å². The molecule has 0 aromatic heterocycles. The molecule has 5 heteroatoms. The van der Waals surface area contributed by atoms with Crippen LogP contribution in [0.3, 0.4) is 0 Å². The Morgan fingerprint density at radius 2 is 1.47 bits per heavy atom. The Bertz CT molecular complexity index is 431.